The predicted octanol–water partition coefficient (Wildman–Crippen LogP) is 12.9. The molecule has 0 bridgehead atoms. The molecule has 5 heteroatoms. The van der Waals surface area contributed by atoms with Gasteiger partial charge in [0.05, 0.1) is 22.5 Å². The average molecular weight is 729 g/mol. The van der Waals surface area contributed by atoms with Crippen molar-refractivity contribution >= 4 is 39.0 Å². The number of benzene rings is 8. The third kappa shape index (κ3) is 4.54. The molecule has 0 radical (unpaired) electrons. The first-order chi connectivity index (χ1) is 28.3. The van der Waals surface area contributed by atoms with Crippen molar-refractivity contribution in [2.24, 2.45) is 0 Å². The standard InChI is InChI=1S/C52H32N4O/c1-3-16-33(17-4-1)49-53-50(34-18-5-2-6-19-34)55-51(54-49)35-30-31-38-39-22-15-29-46(48(39)57-47(38)32-35)56-44-27-13-11-25-42(44)52(43-26-12-14-28-45(43)56)40-23-9-7-20-36(40)37-21-8-10-24-41(37)52/h1-32H. The zero-order chi connectivity index (χ0) is 37.5. The van der Waals surface area contributed by atoms with Crippen LogP contribution in [0.2, 0.25) is 0 Å². The van der Waals surface area contributed by atoms with E-state index in [-0.39, 0.29) is 0 Å². The summed E-state index contributed by atoms with van der Waals surface area (Å²) >= 11 is 0. The largest absolute Gasteiger partial charge is 0.454 e. The van der Waals surface area contributed by atoms with Crippen molar-refractivity contribution in [2.45, 2.75) is 5.41 Å². The molecule has 10 aromatic rings. The van der Waals surface area contributed by atoms with E-state index in [1.54, 1.807) is 0 Å². The lowest BCUT2D eigenvalue weighted by Crippen LogP contribution is -2.36. The summed E-state index contributed by atoms with van der Waals surface area (Å²) in [6, 6.07) is 68.5. The first-order valence-corrected chi connectivity index (χ1v) is 19.3. The van der Waals surface area contributed by atoms with Crippen molar-refractivity contribution < 1.29 is 4.42 Å². The minimum absolute atomic E-state index is 0.477. The number of rotatable bonds is 4. The normalized spacial score (nSPS) is 13.4. The average Bonchev–Trinajstić information content (AvgIpc) is 3.81. The van der Waals surface area contributed by atoms with Crippen LogP contribution in [0.3, 0.4) is 0 Å². The Kier molecular flexibility index (Phi) is 6.78. The van der Waals surface area contributed by atoms with E-state index >= 15 is 0 Å². The van der Waals surface area contributed by atoms with Gasteiger partial charge in [0.15, 0.2) is 23.1 Å². The molecule has 1 aliphatic heterocycles. The van der Waals surface area contributed by atoms with Crippen molar-refractivity contribution in [3.63, 3.8) is 0 Å². The molecular weight excluding hydrogens is 697 g/mol. The zero-order valence-electron chi connectivity index (χ0n) is 30.7. The van der Waals surface area contributed by atoms with Gasteiger partial charge in [0.2, 0.25) is 0 Å². The summed E-state index contributed by atoms with van der Waals surface area (Å²) in [5, 5.41) is 2.08. The summed E-state index contributed by atoms with van der Waals surface area (Å²) in [6.45, 7) is 0. The van der Waals surface area contributed by atoms with E-state index in [0.717, 1.165) is 55.7 Å². The van der Waals surface area contributed by atoms with Crippen LogP contribution >= 0.6 is 0 Å². The maximum absolute atomic E-state index is 6.98. The smallest absolute Gasteiger partial charge is 0.164 e. The third-order valence-corrected chi connectivity index (χ3v) is 11.7. The second kappa shape index (κ2) is 12.2. The van der Waals surface area contributed by atoms with Crippen LogP contribution in [-0.2, 0) is 5.41 Å². The molecule has 57 heavy (non-hydrogen) atoms. The van der Waals surface area contributed by atoms with Gasteiger partial charge in [0, 0.05) is 27.5 Å². The molecule has 1 aliphatic carbocycles. The van der Waals surface area contributed by atoms with Crippen LogP contribution in [0.5, 0.6) is 0 Å². The summed E-state index contributed by atoms with van der Waals surface area (Å²) in [5.74, 6) is 1.84. The topological polar surface area (TPSA) is 55.1 Å². The number of aromatic nitrogens is 3. The van der Waals surface area contributed by atoms with Crippen LogP contribution in [0.1, 0.15) is 22.3 Å². The van der Waals surface area contributed by atoms with Gasteiger partial charge in [0.1, 0.15) is 5.58 Å². The summed E-state index contributed by atoms with van der Waals surface area (Å²) in [4.78, 5) is 17.3. The van der Waals surface area contributed by atoms with Crippen LogP contribution < -0.4 is 4.90 Å². The molecule has 5 nitrogen and oxygen atoms in total. The lowest BCUT2D eigenvalue weighted by molar-refractivity contribution is 0.668. The predicted molar refractivity (Wildman–Crippen MR) is 229 cm³/mol. The number of fused-ring (bicyclic) bond motifs is 12. The number of hydrogen-bond donors (Lipinski definition) is 0. The zero-order valence-corrected chi connectivity index (χ0v) is 30.7. The molecule has 3 heterocycles. The van der Waals surface area contributed by atoms with Crippen LogP contribution in [0, 0.1) is 0 Å². The van der Waals surface area contributed by atoms with E-state index in [1.807, 2.05) is 60.7 Å². The lowest BCUT2D eigenvalue weighted by atomic mass is 9.64. The molecular formula is C52H32N4O. The highest BCUT2D eigenvalue weighted by Crippen LogP contribution is 2.63. The fourth-order valence-corrected chi connectivity index (χ4v) is 9.36. The molecule has 0 amide bonds. The maximum atomic E-state index is 6.98. The van der Waals surface area contributed by atoms with E-state index in [4.69, 9.17) is 19.4 Å². The Bertz CT molecular complexity index is 3050. The lowest BCUT2D eigenvalue weighted by Gasteiger charge is -2.44. The Hall–Kier alpha value is -7.63. The Labute approximate surface area is 329 Å². The number of anilines is 3. The van der Waals surface area contributed by atoms with E-state index < -0.39 is 5.41 Å². The van der Waals surface area contributed by atoms with Crippen molar-refractivity contribution in [1.82, 2.24) is 15.0 Å². The van der Waals surface area contributed by atoms with Gasteiger partial charge in [-0.2, -0.15) is 0 Å². The molecule has 8 aromatic carbocycles. The van der Waals surface area contributed by atoms with E-state index in [0.29, 0.717) is 17.5 Å². The van der Waals surface area contributed by atoms with Gasteiger partial charge in [-0.25, -0.2) is 15.0 Å². The first kappa shape index (κ1) is 31.7. The van der Waals surface area contributed by atoms with Crippen LogP contribution in [-0.4, -0.2) is 15.0 Å². The third-order valence-electron chi connectivity index (χ3n) is 11.7. The van der Waals surface area contributed by atoms with Gasteiger partial charge in [-0.1, -0.05) is 164 Å². The van der Waals surface area contributed by atoms with E-state index in [2.05, 4.69) is 138 Å². The summed E-state index contributed by atoms with van der Waals surface area (Å²) in [6.07, 6.45) is 0. The van der Waals surface area contributed by atoms with Gasteiger partial charge in [-0.05, 0) is 63.7 Å². The number of hydrogen-bond acceptors (Lipinski definition) is 5. The minimum Gasteiger partial charge on any atom is -0.454 e. The number of furan rings is 1. The fourth-order valence-electron chi connectivity index (χ4n) is 9.36. The molecule has 2 aliphatic rings. The highest BCUT2D eigenvalue weighted by molar-refractivity contribution is 6.11. The van der Waals surface area contributed by atoms with Crippen molar-refractivity contribution in [3.8, 4) is 45.3 Å². The second-order valence-electron chi connectivity index (χ2n) is 14.7. The molecule has 12 rings (SSSR count). The van der Waals surface area contributed by atoms with Crippen LogP contribution in [0.15, 0.2) is 199 Å². The minimum atomic E-state index is -0.477. The summed E-state index contributed by atoms with van der Waals surface area (Å²) in [7, 11) is 0. The van der Waals surface area contributed by atoms with Gasteiger partial charge >= 0.3 is 0 Å². The van der Waals surface area contributed by atoms with Gasteiger partial charge in [-0.15, -0.1) is 0 Å². The molecule has 0 saturated carbocycles. The van der Waals surface area contributed by atoms with Gasteiger partial charge in [0.25, 0.3) is 0 Å². The van der Waals surface area contributed by atoms with E-state index in [9.17, 15) is 0 Å². The molecule has 1 spiro atoms. The van der Waals surface area contributed by atoms with Crippen molar-refractivity contribution in [1.29, 1.82) is 0 Å². The highest BCUT2D eigenvalue weighted by Gasteiger charge is 2.51. The molecule has 0 unspecified atom stereocenters. The van der Waals surface area contributed by atoms with Gasteiger partial charge in [-0.3, -0.25) is 0 Å². The quantitative estimate of drug-likeness (QED) is 0.181. The summed E-state index contributed by atoms with van der Waals surface area (Å²) in [5.41, 5.74) is 14.8. The van der Waals surface area contributed by atoms with Crippen molar-refractivity contribution in [3.05, 3.63) is 216 Å². The molecule has 266 valence electrons. The Morgan fingerprint density at radius 3 is 1.42 bits per heavy atom. The monoisotopic (exact) mass is 728 g/mol. The molecule has 0 atom stereocenters. The van der Waals surface area contributed by atoms with Crippen LogP contribution in [0.4, 0.5) is 17.1 Å². The fraction of sp³-hybridized carbons (Fsp3) is 0.0192. The molecule has 0 saturated heterocycles. The Morgan fingerprint density at radius 2 is 0.842 bits per heavy atom. The Balaban J connectivity index is 1.05. The maximum Gasteiger partial charge on any atom is 0.164 e. The molecule has 0 N–H and O–H groups in total. The number of nitrogens with zero attached hydrogens (tertiary/aromatic N) is 4. The van der Waals surface area contributed by atoms with Crippen molar-refractivity contribution in [2.75, 3.05) is 4.90 Å². The molecule has 2 aromatic heterocycles. The van der Waals surface area contributed by atoms with Crippen LogP contribution in [0.25, 0.3) is 67.2 Å². The van der Waals surface area contributed by atoms with E-state index in [1.165, 1.54) is 33.4 Å². The highest BCUT2D eigenvalue weighted by atomic mass is 16.3. The SMILES string of the molecule is c1ccc(-c2nc(-c3ccccc3)nc(-c3ccc4c(c3)oc3c(N5c6ccccc6C6(c7ccccc7-c7ccccc76)c6ccccc65)cccc34)n2)cc1. The molecule has 0 fully saturated rings. The second-order valence-corrected chi connectivity index (χ2v) is 14.7. The van der Waals surface area contributed by atoms with Gasteiger partial charge < -0.3 is 9.32 Å². The number of para-hydroxylation sites is 3. The first-order valence-electron chi connectivity index (χ1n) is 19.3. The summed E-state index contributed by atoms with van der Waals surface area (Å²) < 4.78 is 6.98. The Morgan fingerprint density at radius 1 is 0.368 bits per heavy atom.